The maximum Gasteiger partial charge on any atom is 0.326 e. The van der Waals surface area contributed by atoms with Crippen LogP contribution in [0.2, 0.25) is 0 Å². The van der Waals surface area contributed by atoms with Gasteiger partial charge in [-0.05, 0) is 22.5 Å². The minimum absolute atomic E-state index is 0.186. The third-order valence-corrected chi connectivity index (χ3v) is 3.37. The Labute approximate surface area is 126 Å². The molecule has 1 aromatic carbocycles. The molecule has 0 aromatic heterocycles. The van der Waals surface area contributed by atoms with Gasteiger partial charge in [-0.15, -0.1) is 0 Å². The number of carboxylic acids is 1. The molecule has 1 aromatic rings. The second kappa shape index (κ2) is 5.88. The van der Waals surface area contributed by atoms with Crippen LogP contribution in [0.15, 0.2) is 24.3 Å². The predicted molar refractivity (Wildman–Crippen MR) is 83.5 cm³/mol. The lowest BCUT2D eigenvalue weighted by Crippen LogP contribution is -2.49. The number of benzene rings is 1. The smallest absolute Gasteiger partial charge is 0.326 e. The van der Waals surface area contributed by atoms with E-state index in [1.165, 1.54) is 0 Å². The summed E-state index contributed by atoms with van der Waals surface area (Å²) in [5.74, 6) is -1.37. The van der Waals surface area contributed by atoms with Crippen LogP contribution in [0.1, 0.15) is 57.5 Å². The van der Waals surface area contributed by atoms with Crippen LogP contribution >= 0.6 is 0 Å². The monoisotopic (exact) mass is 291 g/mol. The molecule has 0 aliphatic carbocycles. The summed E-state index contributed by atoms with van der Waals surface area (Å²) in [6.45, 7) is 11.5. The Balaban J connectivity index is 3.13. The fraction of sp³-hybridized carbons (Fsp3) is 0.529. The Morgan fingerprint density at radius 2 is 1.57 bits per heavy atom. The van der Waals surface area contributed by atoms with E-state index in [0.29, 0.717) is 5.56 Å². The highest BCUT2D eigenvalue weighted by Crippen LogP contribution is 2.26. The van der Waals surface area contributed by atoms with Gasteiger partial charge in [0, 0.05) is 5.56 Å². The number of rotatable bonds is 3. The third kappa shape index (κ3) is 4.31. The molecule has 1 unspecified atom stereocenters. The molecular formula is C17H25NO3. The zero-order valence-corrected chi connectivity index (χ0v) is 13.7. The van der Waals surface area contributed by atoms with E-state index < -0.39 is 17.4 Å². The number of aliphatic carboxylic acids is 1. The van der Waals surface area contributed by atoms with Gasteiger partial charge >= 0.3 is 5.97 Å². The average molecular weight is 291 g/mol. The average Bonchev–Trinajstić information content (AvgIpc) is 2.32. The van der Waals surface area contributed by atoms with E-state index in [0.717, 1.165) is 5.56 Å². The summed E-state index contributed by atoms with van der Waals surface area (Å²) in [5.41, 5.74) is 0.688. The standard InChI is InChI=1S/C17H25NO3/c1-16(2,3)12-10-8-7-9-11(12)14(19)18-13(15(20)21)17(4,5)6/h7-10,13H,1-6H3,(H,18,19)(H,20,21). The first-order valence-electron chi connectivity index (χ1n) is 7.08. The van der Waals surface area contributed by atoms with Crippen molar-refractivity contribution in [3.63, 3.8) is 0 Å². The van der Waals surface area contributed by atoms with Crippen molar-refractivity contribution in [3.8, 4) is 0 Å². The number of carbonyl (C=O) groups excluding carboxylic acids is 1. The highest BCUT2D eigenvalue weighted by atomic mass is 16.4. The van der Waals surface area contributed by atoms with Gasteiger partial charge in [0.15, 0.2) is 0 Å². The lowest BCUT2D eigenvalue weighted by molar-refractivity contribution is -0.142. The predicted octanol–water partition coefficient (Wildman–Crippen LogP) is 3.21. The summed E-state index contributed by atoms with van der Waals surface area (Å²) >= 11 is 0. The maximum absolute atomic E-state index is 12.5. The van der Waals surface area contributed by atoms with Crippen molar-refractivity contribution in [3.05, 3.63) is 35.4 Å². The number of hydrogen-bond acceptors (Lipinski definition) is 2. The molecule has 4 nitrogen and oxygen atoms in total. The summed E-state index contributed by atoms with van der Waals surface area (Å²) in [6, 6.07) is 6.38. The molecule has 0 radical (unpaired) electrons. The summed E-state index contributed by atoms with van der Waals surface area (Å²) in [7, 11) is 0. The van der Waals surface area contributed by atoms with Gasteiger partial charge in [-0.2, -0.15) is 0 Å². The van der Waals surface area contributed by atoms with Gasteiger partial charge in [-0.3, -0.25) is 4.79 Å². The van der Waals surface area contributed by atoms with E-state index in [2.05, 4.69) is 5.32 Å². The summed E-state index contributed by atoms with van der Waals surface area (Å²) < 4.78 is 0. The van der Waals surface area contributed by atoms with Crippen LogP contribution in [0.4, 0.5) is 0 Å². The topological polar surface area (TPSA) is 66.4 Å². The van der Waals surface area contributed by atoms with Crippen LogP contribution in [0.5, 0.6) is 0 Å². The van der Waals surface area contributed by atoms with E-state index >= 15 is 0 Å². The number of carbonyl (C=O) groups is 2. The molecule has 0 aliphatic heterocycles. The second-order valence-electron chi connectivity index (χ2n) is 7.41. The Kier molecular flexibility index (Phi) is 4.82. The Morgan fingerprint density at radius 1 is 1.05 bits per heavy atom. The first-order valence-corrected chi connectivity index (χ1v) is 7.08. The van der Waals surface area contributed by atoms with Crippen molar-refractivity contribution in [2.75, 3.05) is 0 Å². The van der Waals surface area contributed by atoms with Crippen LogP contribution in [0, 0.1) is 5.41 Å². The third-order valence-electron chi connectivity index (χ3n) is 3.37. The number of carboxylic acid groups (broad SMARTS) is 1. The van der Waals surface area contributed by atoms with E-state index in [-0.39, 0.29) is 11.3 Å². The molecule has 0 fully saturated rings. The molecule has 1 amide bonds. The quantitative estimate of drug-likeness (QED) is 0.898. The van der Waals surface area contributed by atoms with Crippen molar-refractivity contribution >= 4 is 11.9 Å². The van der Waals surface area contributed by atoms with Crippen LogP contribution in [0.3, 0.4) is 0 Å². The van der Waals surface area contributed by atoms with Gasteiger partial charge in [0.25, 0.3) is 5.91 Å². The van der Waals surface area contributed by atoms with Gasteiger partial charge in [-0.1, -0.05) is 59.7 Å². The lowest BCUT2D eigenvalue weighted by Gasteiger charge is -2.29. The molecule has 0 bridgehead atoms. The van der Waals surface area contributed by atoms with Crippen LogP contribution in [-0.2, 0) is 10.2 Å². The molecule has 0 saturated carbocycles. The van der Waals surface area contributed by atoms with Gasteiger partial charge in [0.1, 0.15) is 6.04 Å². The largest absolute Gasteiger partial charge is 0.480 e. The molecule has 116 valence electrons. The molecule has 0 spiro atoms. The number of amides is 1. The van der Waals surface area contributed by atoms with E-state index in [4.69, 9.17) is 0 Å². The summed E-state index contributed by atoms with van der Waals surface area (Å²) in [4.78, 5) is 23.9. The van der Waals surface area contributed by atoms with Gasteiger partial charge in [0.05, 0.1) is 0 Å². The SMILES string of the molecule is CC(C)(C)c1ccccc1C(=O)NC(C(=O)O)C(C)(C)C. The molecule has 0 aliphatic rings. The number of hydrogen-bond donors (Lipinski definition) is 2. The first kappa shape index (κ1) is 17.2. The second-order valence-corrected chi connectivity index (χ2v) is 7.41. The fourth-order valence-electron chi connectivity index (χ4n) is 2.19. The van der Waals surface area contributed by atoms with Crippen LogP contribution in [-0.4, -0.2) is 23.0 Å². The molecule has 4 heteroatoms. The van der Waals surface area contributed by atoms with Crippen LogP contribution in [0.25, 0.3) is 0 Å². The van der Waals surface area contributed by atoms with Crippen molar-refractivity contribution in [1.29, 1.82) is 0 Å². The molecule has 21 heavy (non-hydrogen) atoms. The van der Waals surface area contributed by atoms with E-state index in [1.54, 1.807) is 32.9 Å². The normalized spacial score (nSPS) is 13.6. The van der Waals surface area contributed by atoms with E-state index in [9.17, 15) is 14.7 Å². The van der Waals surface area contributed by atoms with Crippen molar-refractivity contribution in [1.82, 2.24) is 5.32 Å². The first-order chi connectivity index (χ1) is 9.44. The number of nitrogens with one attached hydrogen (secondary N) is 1. The molecule has 2 N–H and O–H groups in total. The van der Waals surface area contributed by atoms with E-state index in [1.807, 2.05) is 32.9 Å². The molecular weight excluding hydrogens is 266 g/mol. The minimum Gasteiger partial charge on any atom is -0.480 e. The lowest BCUT2D eigenvalue weighted by atomic mass is 9.83. The molecule has 1 atom stereocenters. The fourth-order valence-corrected chi connectivity index (χ4v) is 2.19. The van der Waals surface area contributed by atoms with Crippen molar-refractivity contribution < 1.29 is 14.7 Å². The Hall–Kier alpha value is -1.84. The van der Waals surface area contributed by atoms with Gasteiger partial charge in [0.2, 0.25) is 0 Å². The van der Waals surface area contributed by atoms with Gasteiger partial charge < -0.3 is 10.4 Å². The van der Waals surface area contributed by atoms with Crippen molar-refractivity contribution in [2.24, 2.45) is 5.41 Å². The minimum atomic E-state index is -1.02. The van der Waals surface area contributed by atoms with Crippen LogP contribution < -0.4 is 5.32 Å². The highest BCUT2D eigenvalue weighted by Gasteiger charge is 2.33. The summed E-state index contributed by atoms with van der Waals surface area (Å²) in [6.07, 6.45) is 0. The molecule has 0 saturated heterocycles. The molecule has 0 heterocycles. The summed E-state index contributed by atoms with van der Waals surface area (Å²) in [5, 5.41) is 12.0. The zero-order chi connectivity index (χ0) is 16.4. The Bertz CT molecular complexity index is 536. The van der Waals surface area contributed by atoms with Crippen molar-refractivity contribution in [2.45, 2.75) is 53.0 Å². The molecule has 1 rings (SSSR count). The highest BCUT2D eigenvalue weighted by molar-refractivity contribution is 5.98. The van der Waals surface area contributed by atoms with Gasteiger partial charge in [-0.25, -0.2) is 4.79 Å². The Morgan fingerprint density at radius 3 is 2.00 bits per heavy atom. The zero-order valence-electron chi connectivity index (χ0n) is 13.7. The maximum atomic E-state index is 12.5.